The van der Waals surface area contributed by atoms with Gasteiger partial charge in [-0.05, 0) is 29.1 Å². The molecule has 0 saturated carbocycles. The third-order valence-electron chi connectivity index (χ3n) is 3.15. The minimum Gasteiger partial charge on any atom is -0.341 e. The Bertz CT molecular complexity index is 656. The van der Waals surface area contributed by atoms with Crippen LogP contribution in [0, 0.1) is 0 Å². The van der Waals surface area contributed by atoms with Crippen LogP contribution in [0.5, 0.6) is 0 Å². The SMILES string of the molecule is NCc1cccc2ccn(Cc3ccccn3)c12. The Morgan fingerprint density at radius 1 is 1.06 bits per heavy atom. The van der Waals surface area contributed by atoms with Gasteiger partial charge in [-0.1, -0.05) is 24.3 Å². The average molecular weight is 237 g/mol. The van der Waals surface area contributed by atoms with Crippen LogP contribution in [0.3, 0.4) is 0 Å². The van der Waals surface area contributed by atoms with Gasteiger partial charge in [0.15, 0.2) is 0 Å². The van der Waals surface area contributed by atoms with E-state index in [2.05, 4.69) is 40.0 Å². The molecular weight excluding hydrogens is 222 g/mol. The highest BCUT2D eigenvalue weighted by Crippen LogP contribution is 2.20. The first-order valence-corrected chi connectivity index (χ1v) is 6.05. The van der Waals surface area contributed by atoms with Gasteiger partial charge < -0.3 is 10.3 Å². The molecule has 0 spiro atoms. The molecule has 0 aliphatic heterocycles. The maximum Gasteiger partial charge on any atom is 0.0648 e. The number of rotatable bonds is 3. The van der Waals surface area contributed by atoms with Crippen LogP contribution in [-0.4, -0.2) is 9.55 Å². The topological polar surface area (TPSA) is 43.8 Å². The molecule has 0 bridgehead atoms. The number of aromatic nitrogens is 2. The molecule has 3 aromatic rings. The van der Waals surface area contributed by atoms with Crippen LogP contribution < -0.4 is 5.73 Å². The Hall–Kier alpha value is -2.13. The van der Waals surface area contributed by atoms with Gasteiger partial charge in [0.25, 0.3) is 0 Å². The van der Waals surface area contributed by atoms with Crippen LogP contribution in [0.25, 0.3) is 10.9 Å². The number of pyridine rings is 1. The molecule has 0 aliphatic rings. The molecule has 2 N–H and O–H groups in total. The van der Waals surface area contributed by atoms with Crippen molar-refractivity contribution in [2.45, 2.75) is 13.1 Å². The Morgan fingerprint density at radius 3 is 2.78 bits per heavy atom. The molecule has 0 atom stereocenters. The lowest BCUT2D eigenvalue weighted by atomic mass is 10.1. The summed E-state index contributed by atoms with van der Waals surface area (Å²) in [5, 5.41) is 1.23. The number of nitrogens with zero attached hydrogens (tertiary/aromatic N) is 2. The molecule has 2 aromatic heterocycles. The van der Waals surface area contributed by atoms with Gasteiger partial charge in [-0.3, -0.25) is 4.98 Å². The summed E-state index contributed by atoms with van der Waals surface area (Å²) >= 11 is 0. The lowest BCUT2D eigenvalue weighted by molar-refractivity contribution is 0.802. The van der Waals surface area contributed by atoms with Crippen molar-refractivity contribution in [1.29, 1.82) is 0 Å². The molecule has 0 amide bonds. The number of hydrogen-bond acceptors (Lipinski definition) is 2. The molecule has 3 nitrogen and oxygen atoms in total. The average Bonchev–Trinajstić information content (AvgIpc) is 2.83. The Morgan fingerprint density at radius 2 is 2.00 bits per heavy atom. The van der Waals surface area contributed by atoms with Gasteiger partial charge in [0, 0.05) is 18.9 Å². The molecule has 0 radical (unpaired) electrons. The predicted molar refractivity (Wildman–Crippen MR) is 73.2 cm³/mol. The van der Waals surface area contributed by atoms with Gasteiger partial charge in [0.2, 0.25) is 0 Å². The Labute approximate surface area is 106 Å². The van der Waals surface area contributed by atoms with Crippen LogP contribution in [-0.2, 0) is 13.1 Å². The molecule has 2 heterocycles. The van der Waals surface area contributed by atoms with Crippen molar-refractivity contribution in [3.05, 3.63) is 66.1 Å². The highest BCUT2D eigenvalue weighted by Gasteiger charge is 2.06. The van der Waals surface area contributed by atoms with Crippen molar-refractivity contribution in [2.24, 2.45) is 5.73 Å². The smallest absolute Gasteiger partial charge is 0.0648 e. The van der Waals surface area contributed by atoms with Crippen molar-refractivity contribution >= 4 is 10.9 Å². The van der Waals surface area contributed by atoms with Gasteiger partial charge in [-0.2, -0.15) is 0 Å². The van der Waals surface area contributed by atoms with Crippen molar-refractivity contribution in [2.75, 3.05) is 0 Å². The zero-order valence-corrected chi connectivity index (χ0v) is 10.1. The van der Waals surface area contributed by atoms with E-state index < -0.39 is 0 Å². The van der Waals surface area contributed by atoms with Gasteiger partial charge in [-0.15, -0.1) is 0 Å². The van der Waals surface area contributed by atoms with Gasteiger partial charge in [0.05, 0.1) is 17.8 Å². The molecule has 0 aliphatic carbocycles. The third kappa shape index (κ3) is 1.89. The fraction of sp³-hybridized carbons (Fsp3) is 0.133. The van der Waals surface area contributed by atoms with Crippen LogP contribution in [0.1, 0.15) is 11.3 Å². The summed E-state index contributed by atoms with van der Waals surface area (Å²) in [5.74, 6) is 0. The lowest BCUT2D eigenvalue weighted by Crippen LogP contribution is -2.04. The molecule has 3 rings (SSSR count). The van der Waals surface area contributed by atoms with E-state index in [0.717, 1.165) is 12.2 Å². The van der Waals surface area contributed by atoms with Gasteiger partial charge in [0.1, 0.15) is 0 Å². The van der Waals surface area contributed by atoms with E-state index >= 15 is 0 Å². The van der Waals surface area contributed by atoms with E-state index in [1.807, 2.05) is 24.4 Å². The molecule has 90 valence electrons. The quantitative estimate of drug-likeness (QED) is 0.760. The van der Waals surface area contributed by atoms with Crippen molar-refractivity contribution in [1.82, 2.24) is 9.55 Å². The summed E-state index contributed by atoms with van der Waals surface area (Å²) in [7, 11) is 0. The molecule has 1 aromatic carbocycles. The number of fused-ring (bicyclic) bond motifs is 1. The maximum absolute atomic E-state index is 5.81. The second kappa shape index (κ2) is 4.63. The fourth-order valence-electron chi connectivity index (χ4n) is 2.30. The summed E-state index contributed by atoms with van der Waals surface area (Å²) in [6, 6.07) is 14.4. The molecular formula is C15H15N3. The summed E-state index contributed by atoms with van der Waals surface area (Å²) in [5.41, 5.74) is 9.25. The van der Waals surface area contributed by atoms with E-state index in [-0.39, 0.29) is 0 Å². The van der Waals surface area contributed by atoms with Crippen LogP contribution >= 0.6 is 0 Å². The van der Waals surface area contributed by atoms with Crippen LogP contribution in [0.15, 0.2) is 54.9 Å². The van der Waals surface area contributed by atoms with Crippen LogP contribution in [0.4, 0.5) is 0 Å². The summed E-state index contributed by atoms with van der Waals surface area (Å²) in [6.07, 6.45) is 3.92. The van der Waals surface area contributed by atoms with E-state index in [1.165, 1.54) is 16.5 Å². The van der Waals surface area contributed by atoms with Gasteiger partial charge >= 0.3 is 0 Å². The minimum absolute atomic E-state index is 0.559. The first kappa shape index (κ1) is 11.0. The highest BCUT2D eigenvalue weighted by atomic mass is 15.0. The first-order valence-electron chi connectivity index (χ1n) is 6.05. The van der Waals surface area contributed by atoms with E-state index in [4.69, 9.17) is 5.73 Å². The van der Waals surface area contributed by atoms with E-state index in [1.54, 1.807) is 0 Å². The summed E-state index contributed by atoms with van der Waals surface area (Å²) in [6.45, 7) is 1.34. The molecule has 0 fully saturated rings. The molecule has 3 heteroatoms. The van der Waals surface area contributed by atoms with E-state index in [9.17, 15) is 0 Å². The Kier molecular flexibility index (Phi) is 2.82. The number of para-hydroxylation sites is 1. The monoisotopic (exact) mass is 237 g/mol. The van der Waals surface area contributed by atoms with Crippen molar-refractivity contribution in [3.63, 3.8) is 0 Å². The summed E-state index contributed by atoms with van der Waals surface area (Å²) in [4.78, 5) is 4.36. The number of hydrogen-bond donors (Lipinski definition) is 1. The van der Waals surface area contributed by atoms with E-state index in [0.29, 0.717) is 6.54 Å². The molecule has 0 saturated heterocycles. The highest BCUT2D eigenvalue weighted by molar-refractivity contribution is 5.83. The normalized spacial score (nSPS) is 10.9. The molecule has 18 heavy (non-hydrogen) atoms. The second-order valence-electron chi connectivity index (χ2n) is 4.32. The number of nitrogens with two attached hydrogens (primary N) is 1. The fourth-order valence-corrected chi connectivity index (χ4v) is 2.30. The van der Waals surface area contributed by atoms with Crippen LogP contribution in [0.2, 0.25) is 0 Å². The second-order valence-corrected chi connectivity index (χ2v) is 4.32. The van der Waals surface area contributed by atoms with Crippen molar-refractivity contribution in [3.8, 4) is 0 Å². The minimum atomic E-state index is 0.559. The molecule has 0 unspecified atom stereocenters. The number of benzene rings is 1. The first-order chi connectivity index (χ1) is 8.88. The standard InChI is InChI=1S/C15H15N3/c16-10-13-5-3-4-12-7-9-18(15(12)13)11-14-6-1-2-8-17-14/h1-9H,10-11,16H2. The zero-order chi connectivity index (χ0) is 12.4. The maximum atomic E-state index is 5.81. The lowest BCUT2D eigenvalue weighted by Gasteiger charge is -2.08. The Balaban J connectivity index is 2.07. The zero-order valence-electron chi connectivity index (χ0n) is 10.1. The predicted octanol–water partition coefficient (Wildman–Crippen LogP) is 2.54. The third-order valence-corrected chi connectivity index (χ3v) is 3.15. The summed E-state index contributed by atoms with van der Waals surface area (Å²) < 4.78 is 2.21. The van der Waals surface area contributed by atoms with Crippen molar-refractivity contribution < 1.29 is 0 Å². The van der Waals surface area contributed by atoms with Gasteiger partial charge in [-0.25, -0.2) is 0 Å². The largest absolute Gasteiger partial charge is 0.341 e.